The smallest absolute Gasteiger partial charge is 0.250 e. The number of para-hydroxylation sites is 1. The number of β-lactam (4-membered cyclic amide) rings is 1. The third-order valence-electron chi connectivity index (χ3n) is 2.46. The lowest BCUT2D eigenvalue weighted by molar-refractivity contribution is -0.136. The first kappa shape index (κ1) is 10.1. The summed E-state index contributed by atoms with van der Waals surface area (Å²) in [5.74, 6) is -0.0837. The molecule has 1 fully saturated rings. The molecule has 2 rings (SSSR count). The summed E-state index contributed by atoms with van der Waals surface area (Å²) in [6, 6.07) is 8.89. The Kier molecular flexibility index (Phi) is 2.70. The van der Waals surface area contributed by atoms with E-state index in [-0.39, 0.29) is 12.1 Å². The van der Waals surface area contributed by atoms with Gasteiger partial charge < -0.3 is 10.5 Å². The van der Waals surface area contributed by atoms with Crippen LogP contribution in [0.1, 0.15) is 6.92 Å². The molecule has 1 aromatic rings. The van der Waals surface area contributed by atoms with Crippen molar-refractivity contribution >= 4 is 11.6 Å². The van der Waals surface area contributed by atoms with Crippen LogP contribution in [-0.2, 0) is 9.53 Å². The second-order valence-electron chi connectivity index (χ2n) is 3.42. The zero-order valence-electron chi connectivity index (χ0n) is 8.59. The molecule has 2 unspecified atom stereocenters. The Labute approximate surface area is 88.6 Å². The number of amides is 1. The number of carbonyl (C=O) groups excluding carboxylic acids is 1. The van der Waals surface area contributed by atoms with Crippen LogP contribution >= 0.6 is 0 Å². The van der Waals surface area contributed by atoms with Crippen molar-refractivity contribution in [2.75, 3.05) is 11.5 Å². The zero-order valence-corrected chi connectivity index (χ0v) is 8.59. The fourth-order valence-corrected chi connectivity index (χ4v) is 1.70. The lowest BCUT2D eigenvalue weighted by atomic mass is 10.0. The third-order valence-corrected chi connectivity index (χ3v) is 2.46. The second-order valence-corrected chi connectivity index (χ2v) is 3.42. The van der Waals surface area contributed by atoms with Crippen molar-refractivity contribution in [3.63, 3.8) is 0 Å². The molecule has 1 aromatic carbocycles. The molecule has 15 heavy (non-hydrogen) atoms. The fourth-order valence-electron chi connectivity index (χ4n) is 1.70. The van der Waals surface area contributed by atoms with Gasteiger partial charge >= 0.3 is 0 Å². The predicted octanol–water partition coefficient (Wildman–Crippen LogP) is 0.723. The van der Waals surface area contributed by atoms with Crippen LogP contribution in [0.2, 0.25) is 0 Å². The molecule has 1 aliphatic rings. The van der Waals surface area contributed by atoms with E-state index in [1.807, 2.05) is 37.3 Å². The molecule has 2 atom stereocenters. The average Bonchev–Trinajstić information content (AvgIpc) is 2.29. The van der Waals surface area contributed by atoms with Gasteiger partial charge in [-0.1, -0.05) is 18.2 Å². The summed E-state index contributed by atoms with van der Waals surface area (Å²) < 4.78 is 5.41. The normalized spacial score (nSPS) is 25.2. The van der Waals surface area contributed by atoms with E-state index in [0.29, 0.717) is 6.61 Å². The summed E-state index contributed by atoms with van der Waals surface area (Å²) in [5.41, 5.74) is 6.50. The van der Waals surface area contributed by atoms with Gasteiger partial charge in [0.1, 0.15) is 6.04 Å². The van der Waals surface area contributed by atoms with Crippen molar-refractivity contribution in [2.45, 2.75) is 19.2 Å². The molecule has 0 radical (unpaired) electrons. The predicted molar refractivity (Wildman–Crippen MR) is 57.3 cm³/mol. The van der Waals surface area contributed by atoms with Crippen LogP contribution in [0.4, 0.5) is 5.69 Å². The van der Waals surface area contributed by atoms with Gasteiger partial charge in [-0.3, -0.25) is 9.69 Å². The largest absolute Gasteiger partial charge is 0.356 e. The highest BCUT2D eigenvalue weighted by Gasteiger charge is 2.46. The highest BCUT2D eigenvalue weighted by Crippen LogP contribution is 2.27. The molecular weight excluding hydrogens is 192 g/mol. The summed E-state index contributed by atoms with van der Waals surface area (Å²) in [5, 5.41) is 0. The van der Waals surface area contributed by atoms with Crippen molar-refractivity contribution in [1.29, 1.82) is 0 Å². The third kappa shape index (κ3) is 1.62. The number of ether oxygens (including phenoxy) is 1. The van der Waals surface area contributed by atoms with Gasteiger partial charge in [0.2, 0.25) is 0 Å². The summed E-state index contributed by atoms with van der Waals surface area (Å²) in [4.78, 5) is 13.2. The van der Waals surface area contributed by atoms with Gasteiger partial charge in [-0.25, -0.2) is 0 Å². The molecule has 2 N–H and O–H groups in total. The SMILES string of the molecule is CCOC1C(N)C(=O)N1c1ccccc1. The second kappa shape index (κ2) is 4.00. The first-order valence-corrected chi connectivity index (χ1v) is 5.01. The van der Waals surface area contributed by atoms with E-state index in [0.717, 1.165) is 5.69 Å². The number of hydrogen-bond acceptors (Lipinski definition) is 3. The van der Waals surface area contributed by atoms with Crippen LogP contribution in [0, 0.1) is 0 Å². The Morgan fingerprint density at radius 2 is 2.07 bits per heavy atom. The highest BCUT2D eigenvalue weighted by atomic mass is 16.5. The molecule has 1 saturated heterocycles. The first-order valence-electron chi connectivity index (χ1n) is 5.01. The van der Waals surface area contributed by atoms with Crippen LogP contribution in [0.3, 0.4) is 0 Å². The van der Waals surface area contributed by atoms with Gasteiger partial charge in [0.25, 0.3) is 5.91 Å². The van der Waals surface area contributed by atoms with Gasteiger partial charge in [-0.15, -0.1) is 0 Å². The Hall–Kier alpha value is -1.39. The minimum absolute atomic E-state index is 0.0837. The van der Waals surface area contributed by atoms with Crippen molar-refractivity contribution in [2.24, 2.45) is 5.73 Å². The van der Waals surface area contributed by atoms with Crippen LogP contribution in [-0.4, -0.2) is 24.8 Å². The van der Waals surface area contributed by atoms with Gasteiger partial charge in [0.15, 0.2) is 6.23 Å². The number of rotatable bonds is 3. The zero-order chi connectivity index (χ0) is 10.8. The quantitative estimate of drug-likeness (QED) is 0.741. The number of anilines is 1. The Morgan fingerprint density at radius 1 is 1.40 bits per heavy atom. The maximum absolute atomic E-state index is 11.6. The molecule has 0 aliphatic carbocycles. The monoisotopic (exact) mass is 206 g/mol. The Balaban J connectivity index is 2.18. The average molecular weight is 206 g/mol. The van der Waals surface area contributed by atoms with Crippen molar-refractivity contribution in [1.82, 2.24) is 0 Å². The summed E-state index contributed by atoms with van der Waals surface area (Å²) >= 11 is 0. The molecule has 80 valence electrons. The minimum atomic E-state index is -0.523. The van der Waals surface area contributed by atoms with Crippen LogP contribution in [0.15, 0.2) is 30.3 Å². The van der Waals surface area contributed by atoms with Crippen LogP contribution < -0.4 is 10.6 Å². The van der Waals surface area contributed by atoms with E-state index in [2.05, 4.69) is 0 Å². The van der Waals surface area contributed by atoms with Crippen molar-refractivity contribution in [3.05, 3.63) is 30.3 Å². The molecule has 0 aromatic heterocycles. The van der Waals surface area contributed by atoms with Crippen molar-refractivity contribution in [3.8, 4) is 0 Å². The van der Waals surface area contributed by atoms with E-state index in [4.69, 9.17) is 10.5 Å². The van der Waals surface area contributed by atoms with E-state index >= 15 is 0 Å². The standard InChI is InChI=1S/C11H14N2O2/c1-2-15-11-9(12)10(14)13(11)8-6-4-3-5-7-8/h3-7,9,11H,2,12H2,1H3. The molecule has 0 saturated carbocycles. The highest BCUT2D eigenvalue weighted by molar-refractivity contribution is 6.04. The Morgan fingerprint density at radius 3 is 2.67 bits per heavy atom. The van der Waals surface area contributed by atoms with Gasteiger partial charge in [0.05, 0.1) is 0 Å². The van der Waals surface area contributed by atoms with E-state index in [1.165, 1.54) is 0 Å². The number of nitrogens with zero attached hydrogens (tertiary/aromatic N) is 1. The molecule has 4 nitrogen and oxygen atoms in total. The van der Waals surface area contributed by atoms with Crippen LogP contribution in [0.5, 0.6) is 0 Å². The minimum Gasteiger partial charge on any atom is -0.356 e. The van der Waals surface area contributed by atoms with Gasteiger partial charge in [-0.2, -0.15) is 0 Å². The fraction of sp³-hybridized carbons (Fsp3) is 0.364. The number of carbonyl (C=O) groups is 1. The molecule has 0 bridgehead atoms. The molecular formula is C11H14N2O2. The molecule has 0 spiro atoms. The summed E-state index contributed by atoms with van der Waals surface area (Å²) in [7, 11) is 0. The number of benzene rings is 1. The lowest BCUT2D eigenvalue weighted by Gasteiger charge is -2.44. The molecule has 4 heteroatoms. The van der Waals surface area contributed by atoms with Crippen LogP contribution in [0.25, 0.3) is 0 Å². The topological polar surface area (TPSA) is 55.6 Å². The lowest BCUT2D eigenvalue weighted by Crippen LogP contribution is -2.70. The summed E-state index contributed by atoms with van der Waals surface area (Å²) in [6.45, 7) is 2.44. The summed E-state index contributed by atoms with van der Waals surface area (Å²) in [6.07, 6.45) is -0.315. The molecule has 1 aliphatic heterocycles. The maximum atomic E-state index is 11.6. The number of hydrogen-bond donors (Lipinski definition) is 1. The Bertz CT molecular complexity index is 353. The van der Waals surface area contributed by atoms with Gasteiger partial charge in [-0.05, 0) is 19.1 Å². The van der Waals surface area contributed by atoms with Crippen molar-refractivity contribution < 1.29 is 9.53 Å². The van der Waals surface area contributed by atoms with E-state index in [9.17, 15) is 4.79 Å². The maximum Gasteiger partial charge on any atom is 0.250 e. The first-order chi connectivity index (χ1) is 7.25. The van der Waals surface area contributed by atoms with E-state index < -0.39 is 6.04 Å². The van der Waals surface area contributed by atoms with E-state index in [1.54, 1.807) is 4.90 Å². The molecule has 1 amide bonds. The number of nitrogens with two attached hydrogens (primary N) is 1. The molecule has 1 heterocycles. The van der Waals surface area contributed by atoms with Gasteiger partial charge in [0, 0.05) is 12.3 Å².